The highest BCUT2D eigenvalue weighted by Gasteiger charge is 2.18. The molecule has 1 fully saturated rings. The maximum Gasteiger partial charge on any atom is 0.407 e. The predicted molar refractivity (Wildman–Crippen MR) is 151 cm³/mol. The Morgan fingerprint density at radius 3 is 1.95 bits per heavy atom. The highest BCUT2D eigenvalue weighted by atomic mass is 16.6. The lowest BCUT2D eigenvalue weighted by atomic mass is 10.2. The molecule has 3 rings (SSSR count). The standard InChI is InChI=1S/C14H11N3O4.C8H14N2O3.C3H8.C2H6/c18-9-15-11-3-5-12(6-4-11)16-14(19)10-1-7-13(8-2-10)17(20)21;1-13-8(12)9-6-7(11)10-4-2-3-5-10;1-3-2;1-2/h1-9H,(H,15,18)(H,16,19);2-6H2,1H3,(H,9,12);3H2,1-2H3;1-2H3. The number of likely N-dealkylation sites (tertiary alicyclic amines) is 1. The van der Waals surface area contributed by atoms with Crippen molar-refractivity contribution in [1.82, 2.24) is 10.2 Å². The first-order valence-electron chi connectivity index (χ1n) is 12.7. The molecule has 0 bridgehead atoms. The first kappa shape index (κ1) is 34.5. The summed E-state index contributed by atoms with van der Waals surface area (Å²) in [7, 11) is 1.27. The predicted octanol–water partition coefficient (Wildman–Crippen LogP) is 4.82. The summed E-state index contributed by atoms with van der Waals surface area (Å²) in [4.78, 5) is 55.9. The van der Waals surface area contributed by atoms with Gasteiger partial charge in [0.25, 0.3) is 11.6 Å². The number of ether oxygens (including phenoxy) is 1. The van der Waals surface area contributed by atoms with Gasteiger partial charge in [-0.05, 0) is 49.2 Å². The van der Waals surface area contributed by atoms with Crippen molar-refractivity contribution in [3.8, 4) is 0 Å². The third-order valence-electron chi connectivity index (χ3n) is 4.74. The molecule has 12 heteroatoms. The summed E-state index contributed by atoms with van der Waals surface area (Å²) in [6.07, 6.45) is 3.37. The first-order chi connectivity index (χ1) is 18.7. The maximum atomic E-state index is 12.0. The number of carbonyl (C=O) groups is 4. The van der Waals surface area contributed by atoms with Crippen molar-refractivity contribution >= 4 is 41.4 Å². The Hall–Kier alpha value is -4.48. The van der Waals surface area contributed by atoms with Crippen LogP contribution in [-0.4, -0.2) is 60.9 Å². The molecule has 1 aliphatic heterocycles. The SMILES string of the molecule is CC.CCC.COC(=O)NCC(=O)N1CCCC1.O=CNc1ccc(NC(=O)c2ccc([N+](=O)[O-])cc2)cc1. The van der Waals surface area contributed by atoms with Crippen LogP contribution >= 0.6 is 0 Å². The number of nitro benzene ring substituents is 1. The molecule has 0 unspecified atom stereocenters. The molecule has 3 N–H and O–H groups in total. The molecule has 2 aromatic rings. The van der Waals surface area contributed by atoms with Crippen molar-refractivity contribution in [3.63, 3.8) is 0 Å². The van der Waals surface area contributed by atoms with Gasteiger partial charge in [0.05, 0.1) is 12.0 Å². The molecule has 214 valence electrons. The molecule has 2 aromatic carbocycles. The van der Waals surface area contributed by atoms with Gasteiger partial charge in [-0.3, -0.25) is 24.5 Å². The Balaban J connectivity index is 0.000000686. The molecular weight excluding hydrogens is 506 g/mol. The summed E-state index contributed by atoms with van der Waals surface area (Å²) in [5.41, 5.74) is 1.40. The highest BCUT2D eigenvalue weighted by Crippen LogP contribution is 2.16. The Bertz CT molecular complexity index is 1020. The number of hydrogen-bond donors (Lipinski definition) is 3. The Kier molecular flexibility index (Phi) is 18.2. The fourth-order valence-electron chi connectivity index (χ4n) is 2.95. The summed E-state index contributed by atoms with van der Waals surface area (Å²) in [5.74, 6) is -0.413. The van der Waals surface area contributed by atoms with Crippen LogP contribution in [-0.2, 0) is 14.3 Å². The van der Waals surface area contributed by atoms with Crippen LogP contribution in [0.5, 0.6) is 0 Å². The van der Waals surface area contributed by atoms with Crippen molar-refractivity contribution in [2.75, 3.05) is 37.4 Å². The highest BCUT2D eigenvalue weighted by molar-refractivity contribution is 6.04. The minimum atomic E-state index is -0.562. The number of methoxy groups -OCH3 is 1. The minimum Gasteiger partial charge on any atom is -0.453 e. The van der Waals surface area contributed by atoms with E-state index in [-0.39, 0.29) is 24.0 Å². The van der Waals surface area contributed by atoms with Crippen LogP contribution in [0.25, 0.3) is 0 Å². The van der Waals surface area contributed by atoms with Gasteiger partial charge in [-0.1, -0.05) is 34.1 Å². The van der Waals surface area contributed by atoms with Gasteiger partial charge in [-0.25, -0.2) is 4.79 Å². The second-order valence-corrected chi connectivity index (χ2v) is 7.74. The minimum absolute atomic E-state index is 0.0344. The van der Waals surface area contributed by atoms with Crippen LogP contribution in [0, 0.1) is 10.1 Å². The lowest BCUT2D eigenvalue weighted by molar-refractivity contribution is -0.384. The van der Waals surface area contributed by atoms with E-state index >= 15 is 0 Å². The number of alkyl carbamates (subject to hydrolysis) is 1. The number of nitrogens with one attached hydrogen (secondary N) is 3. The van der Waals surface area contributed by atoms with E-state index in [2.05, 4.69) is 34.5 Å². The van der Waals surface area contributed by atoms with Crippen molar-refractivity contribution in [2.45, 2.75) is 47.0 Å². The molecule has 0 saturated carbocycles. The summed E-state index contributed by atoms with van der Waals surface area (Å²) < 4.78 is 4.34. The Labute approximate surface area is 229 Å². The maximum absolute atomic E-state index is 12.0. The Morgan fingerprint density at radius 1 is 0.974 bits per heavy atom. The molecule has 39 heavy (non-hydrogen) atoms. The number of non-ortho nitro benzene ring substituents is 1. The van der Waals surface area contributed by atoms with Crippen molar-refractivity contribution in [1.29, 1.82) is 0 Å². The molecule has 1 aliphatic rings. The van der Waals surface area contributed by atoms with Crippen LogP contribution < -0.4 is 16.0 Å². The quantitative estimate of drug-likeness (QED) is 0.255. The van der Waals surface area contributed by atoms with Gasteiger partial charge >= 0.3 is 6.09 Å². The Morgan fingerprint density at radius 2 is 1.49 bits per heavy atom. The molecule has 1 saturated heterocycles. The molecule has 0 radical (unpaired) electrons. The van der Waals surface area contributed by atoms with Crippen LogP contribution in [0.4, 0.5) is 21.9 Å². The largest absolute Gasteiger partial charge is 0.453 e. The third kappa shape index (κ3) is 14.1. The van der Waals surface area contributed by atoms with E-state index in [0.29, 0.717) is 23.3 Å². The van der Waals surface area contributed by atoms with Gasteiger partial charge in [-0.2, -0.15) is 0 Å². The molecule has 12 nitrogen and oxygen atoms in total. The number of benzene rings is 2. The number of rotatable bonds is 7. The van der Waals surface area contributed by atoms with E-state index in [1.165, 1.54) is 37.8 Å². The van der Waals surface area contributed by atoms with Crippen LogP contribution in [0.3, 0.4) is 0 Å². The zero-order chi connectivity index (χ0) is 29.6. The van der Waals surface area contributed by atoms with Crippen molar-refractivity contribution < 1.29 is 28.8 Å². The van der Waals surface area contributed by atoms with Gasteiger partial charge < -0.3 is 25.6 Å². The average molecular weight is 546 g/mol. The molecular formula is C27H39N5O7. The lowest BCUT2D eigenvalue weighted by Gasteiger charge is -2.14. The van der Waals surface area contributed by atoms with Gasteiger partial charge in [-0.15, -0.1) is 0 Å². The lowest BCUT2D eigenvalue weighted by Crippen LogP contribution is -2.38. The van der Waals surface area contributed by atoms with Crippen molar-refractivity contribution in [3.05, 3.63) is 64.2 Å². The molecule has 4 amide bonds. The number of nitrogens with zero attached hydrogens (tertiary/aromatic N) is 2. The van der Waals surface area contributed by atoms with Gasteiger partial charge in [0.2, 0.25) is 12.3 Å². The third-order valence-corrected chi connectivity index (χ3v) is 4.74. The van der Waals surface area contributed by atoms with E-state index < -0.39 is 11.0 Å². The second kappa shape index (κ2) is 20.6. The van der Waals surface area contributed by atoms with E-state index in [1.807, 2.05) is 13.8 Å². The van der Waals surface area contributed by atoms with Crippen LogP contribution in [0.1, 0.15) is 57.3 Å². The molecule has 0 aromatic heterocycles. The van der Waals surface area contributed by atoms with E-state index in [0.717, 1.165) is 25.9 Å². The van der Waals surface area contributed by atoms with E-state index in [9.17, 15) is 29.3 Å². The summed E-state index contributed by atoms with van der Waals surface area (Å²) >= 11 is 0. The van der Waals surface area contributed by atoms with Crippen LogP contribution in [0.15, 0.2) is 48.5 Å². The van der Waals surface area contributed by atoms with E-state index in [1.54, 1.807) is 29.2 Å². The van der Waals surface area contributed by atoms with Gasteiger partial charge in [0.15, 0.2) is 0 Å². The monoisotopic (exact) mass is 545 g/mol. The van der Waals surface area contributed by atoms with Gasteiger partial charge in [0, 0.05) is 42.2 Å². The zero-order valence-corrected chi connectivity index (χ0v) is 23.2. The summed E-state index contributed by atoms with van der Waals surface area (Å²) in [5, 5.41) is 18.0. The number of hydrogen-bond acceptors (Lipinski definition) is 7. The first-order valence-corrected chi connectivity index (χ1v) is 12.7. The second-order valence-electron chi connectivity index (χ2n) is 7.74. The number of anilines is 2. The van der Waals surface area contributed by atoms with Gasteiger partial charge in [0.1, 0.15) is 6.54 Å². The fourth-order valence-corrected chi connectivity index (χ4v) is 2.95. The average Bonchev–Trinajstić information content (AvgIpc) is 3.50. The summed E-state index contributed by atoms with van der Waals surface area (Å²) in [6.45, 7) is 9.90. The van der Waals surface area contributed by atoms with Crippen molar-refractivity contribution in [2.24, 2.45) is 0 Å². The fraction of sp³-hybridized carbons (Fsp3) is 0.407. The topological polar surface area (TPSA) is 160 Å². The molecule has 1 heterocycles. The molecule has 0 spiro atoms. The zero-order valence-electron chi connectivity index (χ0n) is 23.2. The smallest absolute Gasteiger partial charge is 0.407 e. The number of carbonyl (C=O) groups excluding carboxylic acids is 4. The van der Waals surface area contributed by atoms with E-state index in [4.69, 9.17) is 0 Å². The number of amides is 4. The normalized spacial score (nSPS) is 11.1. The number of nitro groups is 1. The summed E-state index contributed by atoms with van der Waals surface area (Å²) in [6, 6.07) is 11.9. The molecule has 0 aliphatic carbocycles. The molecule has 0 atom stereocenters. The van der Waals surface area contributed by atoms with Crippen LogP contribution in [0.2, 0.25) is 0 Å².